The minimum Gasteiger partial charge on any atom is -0.351 e. The van der Waals surface area contributed by atoms with Crippen molar-refractivity contribution in [1.82, 2.24) is 10.3 Å². The third-order valence-electron chi connectivity index (χ3n) is 2.36. The molecule has 18 heavy (non-hydrogen) atoms. The van der Waals surface area contributed by atoms with Gasteiger partial charge in [-0.05, 0) is 17.9 Å². The molecule has 1 rings (SSSR count). The van der Waals surface area contributed by atoms with Crippen molar-refractivity contribution < 1.29 is 4.79 Å². The van der Waals surface area contributed by atoms with Gasteiger partial charge in [0.1, 0.15) is 0 Å². The second-order valence-corrected chi connectivity index (χ2v) is 6.81. The molecular weight excluding hydrogens is 296 g/mol. The van der Waals surface area contributed by atoms with Gasteiger partial charge in [-0.1, -0.05) is 36.7 Å². The molecule has 0 aromatic carbocycles. The van der Waals surface area contributed by atoms with E-state index in [1.54, 1.807) is 0 Å². The fraction of sp³-hybridized carbons (Fsp3) is 0.538. The molecule has 0 aliphatic rings. The number of H-pyrrole nitrogens is 1. The predicted octanol–water partition coefficient (Wildman–Crippen LogP) is 2.30. The second-order valence-electron chi connectivity index (χ2n) is 5.51. The van der Waals surface area contributed by atoms with Crippen molar-refractivity contribution >= 4 is 21.8 Å². The number of aromatic amines is 1. The Bertz CT molecular complexity index is 442. The predicted molar refractivity (Wildman–Crippen MR) is 76.2 cm³/mol. The molecule has 0 aliphatic heterocycles. The molecule has 0 bridgehead atoms. The van der Waals surface area contributed by atoms with Gasteiger partial charge in [0.15, 0.2) is 0 Å². The Balaban J connectivity index is 2.46. The molecule has 0 spiro atoms. The Morgan fingerprint density at radius 3 is 2.61 bits per heavy atom. The summed E-state index contributed by atoms with van der Waals surface area (Å²) < 4.78 is 0. The smallest absolute Gasteiger partial charge is 0.252 e. The Hall–Kier alpha value is -1.10. The zero-order valence-corrected chi connectivity index (χ0v) is 12.5. The van der Waals surface area contributed by atoms with Crippen LogP contribution in [0.3, 0.4) is 0 Å². The van der Waals surface area contributed by atoms with Gasteiger partial charge in [0, 0.05) is 23.6 Å². The first-order chi connectivity index (χ1) is 8.28. The number of carbonyl (C=O) groups excluding carboxylic acids is 1. The topological polar surface area (TPSA) is 62.0 Å². The molecule has 5 heteroatoms. The van der Waals surface area contributed by atoms with Crippen LogP contribution in [-0.4, -0.2) is 22.3 Å². The molecule has 0 fully saturated rings. The average molecular weight is 315 g/mol. The minimum atomic E-state index is -0.211. The number of aromatic nitrogens is 1. The minimum absolute atomic E-state index is 0.176. The molecule has 0 saturated heterocycles. The largest absolute Gasteiger partial charge is 0.351 e. The van der Waals surface area contributed by atoms with Crippen molar-refractivity contribution in [3.8, 4) is 0 Å². The normalized spacial score (nSPS) is 13.1. The van der Waals surface area contributed by atoms with Crippen LogP contribution in [0.2, 0.25) is 0 Å². The van der Waals surface area contributed by atoms with E-state index < -0.39 is 0 Å². The number of hydrogen-bond donors (Lipinski definition) is 2. The monoisotopic (exact) mass is 314 g/mol. The molecule has 0 aliphatic carbocycles. The van der Waals surface area contributed by atoms with E-state index in [2.05, 4.69) is 47.0 Å². The van der Waals surface area contributed by atoms with E-state index in [9.17, 15) is 9.59 Å². The average Bonchev–Trinajstić information content (AvgIpc) is 2.24. The maximum atomic E-state index is 11.8. The van der Waals surface area contributed by atoms with Crippen LogP contribution in [-0.2, 0) is 0 Å². The highest BCUT2D eigenvalue weighted by atomic mass is 79.9. The maximum Gasteiger partial charge on any atom is 0.252 e. The molecule has 4 nitrogen and oxygen atoms in total. The molecule has 100 valence electrons. The number of carbonyl (C=O) groups is 1. The molecule has 0 radical (unpaired) electrons. The third-order valence-corrected chi connectivity index (χ3v) is 3.01. The zero-order chi connectivity index (χ0) is 13.8. The second kappa shape index (κ2) is 6.18. The summed E-state index contributed by atoms with van der Waals surface area (Å²) in [6, 6.07) is 2.86. The number of alkyl halides is 1. The standard InChI is InChI=1S/C13H19BrN2O2/c1-13(2,3)6-10(14)8-16-12(18)9-4-5-11(17)15-7-9/h4-5,7,10H,6,8H2,1-3H3,(H,15,17)(H,16,18). The lowest BCUT2D eigenvalue weighted by Gasteiger charge is -2.22. The van der Waals surface area contributed by atoms with Gasteiger partial charge < -0.3 is 10.3 Å². The van der Waals surface area contributed by atoms with Crippen LogP contribution in [0, 0.1) is 5.41 Å². The van der Waals surface area contributed by atoms with Crippen LogP contribution < -0.4 is 10.9 Å². The summed E-state index contributed by atoms with van der Waals surface area (Å²) in [6.45, 7) is 7.04. The van der Waals surface area contributed by atoms with Crippen LogP contribution in [0.4, 0.5) is 0 Å². The first-order valence-corrected chi connectivity index (χ1v) is 6.80. The number of amides is 1. The van der Waals surface area contributed by atoms with Gasteiger partial charge in [0.05, 0.1) is 5.56 Å². The SMILES string of the molecule is CC(C)(C)CC(Br)CNC(=O)c1ccc(=O)[nH]c1. The highest BCUT2D eigenvalue weighted by Gasteiger charge is 2.17. The number of hydrogen-bond acceptors (Lipinski definition) is 2. The zero-order valence-electron chi connectivity index (χ0n) is 10.9. The summed E-state index contributed by atoms with van der Waals surface area (Å²) in [6.07, 6.45) is 2.39. The van der Waals surface area contributed by atoms with Gasteiger partial charge in [-0.3, -0.25) is 9.59 Å². The summed E-state index contributed by atoms with van der Waals surface area (Å²) in [7, 11) is 0. The molecule has 0 saturated carbocycles. The Morgan fingerprint density at radius 2 is 2.11 bits per heavy atom. The van der Waals surface area contributed by atoms with Crippen LogP contribution in [0.5, 0.6) is 0 Å². The molecule has 1 amide bonds. The first kappa shape index (κ1) is 15.0. The molecule has 1 aromatic rings. The van der Waals surface area contributed by atoms with Crippen molar-refractivity contribution in [2.45, 2.75) is 32.0 Å². The van der Waals surface area contributed by atoms with Crippen LogP contribution in [0.15, 0.2) is 23.1 Å². The van der Waals surface area contributed by atoms with E-state index >= 15 is 0 Å². The van der Waals surface area contributed by atoms with Gasteiger partial charge in [-0.15, -0.1) is 0 Å². The maximum absolute atomic E-state index is 11.8. The van der Waals surface area contributed by atoms with Gasteiger partial charge in [0.25, 0.3) is 5.91 Å². The van der Waals surface area contributed by atoms with Crippen molar-refractivity contribution in [1.29, 1.82) is 0 Å². The Kier molecular flexibility index (Phi) is 5.14. The Labute approximate surface area is 115 Å². The molecule has 1 aromatic heterocycles. The summed E-state index contributed by atoms with van der Waals surface area (Å²) in [4.78, 5) is 25.4. The lowest BCUT2D eigenvalue weighted by Crippen LogP contribution is -2.31. The highest BCUT2D eigenvalue weighted by molar-refractivity contribution is 9.09. The van der Waals surface area contributed by atoms with Gasteiger partial charge in [-0.25, -0.2) is 0 Å². The fourth-order valence-corrected chi connectivity index (χ4v) is 2.73. The van der Waals surface area contributed by atoms with E-state index in [1.165, 1.54) is 18.3 Å². The summed E-state index contributed by atoms with van der Waals surface area (Å²) in [5.41, 5.74) is 0.472. The van der Waals surface area contributed by atoms with Crippen LogP contribution >= 0.6 is 15.9 Å². The van der Waals surface area contributed by atoms with Crippen molar-refractivity contribution in [2.75, 3.05) is 6.54 Å². The quantitative estimate of drug-likeness (QED) is 0.838. The summed E-state index contributed by atoms with van der Waals surface area (Å²) in [5, 5.41) is 2.83. The van der Waals surface area contributed by atoms with E-state index in [0.717, 1.165) is 6.42 Å². The lowest BCUT2D eigenvalue weighted by atomic mass is 9.90. The van der Waals surface area contributed by atoms with Crippen molar-refractivity contribution in [3.05, 3.63) is 34.2 Å². The van der Waals surface area contributed by atoms with Gasteiger partial charge in [0.2, 0.25) is 5.56 Å². The third kappa shape index (κ3) is 5.49. The molecule has 1 atom stereocenters. The lowest BCUT2D eigenvalue weighted by molar-refractivity contribution is 0.0952. The van der Waals surface area contributed by atoms with Crippen LogP contribution in [0.1, 0.15) is 37.6 Å². The first-order valence-electron chi connectivity index (χ1n) is 5.89. The number of rotatable bonds is 4. The molecular formula is C13H19BrN2O2. The van der Waals surface area contributed by atoms with E-state index in [0.29, 0.717) is 12.1 Å². The number of halogens is 1. The highest BCUT2D eigenvalue weighted by Crippen LogP contribution is 2.24. The fourth-order valence-electron chi connectivity index (χ4n) is 1.59. The molecule has 2 N–H and O–H groups in total. The molecule has 1 unspecified atom stereocenters. The number of nitrogens with one attached hydrogen (secondary N) is 2. The summed E-state index contributed by atoms with van der Waals surface area (Å²) >= 11 is 3.55. The van der Waals surface area contributed by atoms with E-state index in [4.69, 9.17) is 0 Å². The van der Waals surface area contributed by atoms with Crippen molar-refractivity contribution in [3.63, 3.8) is 0 Å². The van der Waals surface area contributed by atoms with Gasteiger partial charge >= 0.3 is 0 Å². The Morgan fingerprint density at radius 1 is 1.44 bits per heavy atom. The van der Waals surface area contributed by atoms with Crippen LogP contribution in [0.25, 0.3) is 0 Å². The van der Waals surface area contributed by atoms with Crippen molar-refractivity contribution in [2.24, 2.45) is 5.41 Å². The summed E-state index contributed by atoms with van der Waals surface area (Å²) in [5.74, 6) is -0.176. The van der Waals surface area contributed by atoms with Gasteiger partial charge in [-0.2, -0.15) is 0 Å². The molecule has 1 heterocycles. The van der Waals surface area contributed by atoms with E-state index in [1.807, 2.05) is 0 Å². The van der Waals surface area contributed by atoms with E-state index in [-0.39, 0.29) is 21.7 Å². The number of pyridine rings is 1.